The summed E-state index contributed by atoms with van der Waals surface area (Å²) in [5.41, 5.74) is 6.26. The maximum absolute atomic E-state index is 11.9. The highest BCUT2D eigenvalue weighted by molar-refractivity contribution is 5.96. The summed E-state index contributed by atoms with van der Waals surface area (Å²) < 4.78 is 0. The van der Waals surface area contributed by atoms with Crippen molar-refractivity contribution >= 4 is 29.9 Å². The van der Waals surface area contributed by atoms with Crippen LogP contribution in [0.25, 0.3) is 0 Å². The van der Waals surface area contributed by atoms with Crippen molar-refractivity contribution < 1.29 is 9.59 Å². The number of halogens is 1. The predicted molar refractivity (Wildman–Crippen MR) is 76.5 cm³/mol. The van der Waals surface area contributed by atoms with Gasteiger partial charge in [0.2, 0.25) is 11.8 Å². The lowest BCUT2D eigenvalue weighted by Gasteiger charge is -2.22. The van der Waals surface area contributed by atoms with Crippen LogP contribution in [-0.2, 0) is 4.79 Å². The summed E-state index contributed by atoms with van der Waals surface area (Å²) in [5.74, 6) is -0.497. The van der Waals surface area contributed by atoms with E-state index in [4.69, 9.17) is 5.73 Å². The summed E-state index contributed by atoms with van der Waals surface area (Å²) in [6.45, 7) is 0.888. The van der Waals surface area contributed by atoms with Crippen LogP contribution in [0.5, 0.6) is 0 Å². The zero-order valence-corrected chi connectivity index (χ0v) is 11.3. The number of anilines is 1. The fourth-order valence-corrected chi connectivity index (χ4v) is 2.02. The van der Waals surface area contributed by atoms with Crippen LogP contribution in [0.2, 0.25) is 0 Å². The van der Waals surface area contributed by atoms with Gasteiger partial charge in [-0.05, 0) is 43.7 Å². The first-order chi connectivity index (χ1) is 8.66. The van der Waals surface area contributed by atoms with Crippen LogP contribution in [-0.4, -0.2) is 24.4 Å². The second kappa shape index (κ2) is 7.11. The third-order valence-electron chi connectivity index (χ3n) is 3.06. The van der Waals surface area contributed by atoms with Gasteiger partial charge < -0.3 is 16.4 Å². The van der Waals surface area contributed by atoms with E-state index in [-0.39, 0.29) is 24.4 Å². The van der Waals surface area contributed by atoms with E-state index in [9.17, 15) is 9.59 Å². The summed E-state index contributed by atoms with van der Waals surface area (Å²) in [6, 6.07) is 6.45. The van der Waals surface area contributed by atoms with Crippen LogP contribution in [0.1, 0.15) is 29.6 Å². The van der Waals surface area contributed by atoms with Gasteiger partial charge in [0, 0.05) is 11.3 Å². The number of nitrogens with two attached hydrogens (primary N) is 1. The minimum atomic E-state index is -0.471. The molecular formula is C13H18ClN3O2. The second-order valence-corrected chi connectivity index (χ2v) is 4.43. The van der Waals surface area contributed by atoms with E-state index in [0.29, 0.717) is 11.3 Å². The van der Waals surface area contributed by atoms with Crippen molar-refractivity contribution in [2.75, 3.05) is 11.9 Å². The van der Waals surface area contributed by atoms with E-state index < -0.39 is 5.91 Å². The lowest BCUT2D eigenvalue weighted by molar-refractivity contribution is -0.118. The smallest absolute Gasteiger partial charge is 0.248 e. The van der Waals surface area contributed by atoms with Gasteiger partial charge in [-0.15, -0.1) is 12.4 Å². The molecule has 1 aromatic rings. The van der Waals surface area contributed by atoms with Crippen LogP contribution in [0, 0.1) is 0 Å². The Kier molecular flexibility index (Phi) is 5.79. The Morgan fingerprint density at radius 1 is 1.21 bits per heavy atom. The molecule has 0 spiro atoms. The number of hydrogen-bond donors (Lipinski definition) is 3. The minimum Gasteiger partial charge on any atom is -0.366 e. The third-order valence-corrected chi connectivity index (χ3v) is 3.06. The van der Waals surface area contributed by atoms with Crippen LogP contribution in [0.15, 0.2) is 24.3 Å². The maximum Gasteiger partial charge on any atom is 0.248 e. The molecule has 1 saturated heterocycles. The molecule has 2 amide bonds. The number of amides is 2. The van der Waals surface area contributed by atoms with Crippen molar-refractivity contribution in [1.82, 2.24) is 5.32 Å². The molecule has 0 radical (unpaired) electrons. The van der Waals surface area contributed by atoms with Crippen molar-refractivity contribution in [3.63, 3.8) is 0 Å². The number of nitrogens with one attached hydrogen (secondary N) is 2. The Hall–Kier alpha value is -1.59. The quantitative estimate of drug-likeness (QED) is 0.781. The Bertz CT molecular complexity index is 442. The molecule has 1 aromatic carbocycles. The fourth-order valence-electron chi connectivity index (χ4n) is 2.02. The van der Waals surface area contributed by atoms with E-state index in [2.05, 4.69) is 10.6 Å². The van der Waals surface area contributed by atoms with Gasteiger partial charge in [-0.2, -0.15) is 0 Å². The summed E-state index contributed by atoms with van der Waals surface area (Å²) >= 11 is 0. The molecule has 0 aromatic heterocycles. The molecule has 1 heterocycles. The molecule has 1 aliphatic heterocycles. The first-order valence-electron chi connectivity index (χ1n) is 6.11. The maximum atomic E-state index is 11.9. The molecule has 2 rings (SSSR count). The highest BCUT2D eigenvalue weighted by Gasteiger charge is 2.20. The van der Waals surface area contributed by atoms with Crippen LogP contribution < -0.4 is 16.4 Å². The van der Waals surface area contributed by atoms with Crippen LogP contribution in [0.4, 0.5) is 5.69 Å². The Labute approximate surface area is 118 Å². The first-order valence-corrected chi connectivity index (χ1v) is 6.11. The average Bonchev–Trinajstić information content (AvgIpc) is 2.40. The van der Waals surface area contributed by atoms with Gasteiger partial charge in [0.15, 0.2) is 0 Å². The normalized spacial score (nSPS) is 18.2. The van der Waals surface area contributed by atoms with E-state index in [1.807, 2.05) is 0 Å². The largest absolute Gasteiger partial charge is 0.366 e. The molecule has 5 nitrogen and oxygen atoms in total. The average molecular weight is 284 g/mol. The van der Waals surface area contributed by atoms with Crippen molar-refractivity contribution in [2.24, 2.45) is 5.73 Å². The summed E-state index contributed by atoms with van der Waals surface area (Å²) in [7, 11) is 0. The third kappa shape index (κ3) is 4.22. The molecular weight excluding hydrogens is 266 g/mol. The molecule has 1 aliphatic rings. The number of benzene rings is 1. The molecule has 0 saturated carbocycles. The SMILES string of the molecule is Cl.NC(=O)c1ccc(NC(=O)[C@H]2CCCCN2)cc1. The van der Waals surface area contributed by atoms with E-state index in [1.54, 1.807) is 24.3 Å². The highest BCUT2D eigenvalue weighted by Crippen LogP contribution is 2.12. The Balaban J connectivity index is 0.00000180. The molecule has 0 aliphatic carbocycles. The lowest BCUT2D eigenvalue weighted by Crippen LogP contribution is -2.43. The number of carbonyl (C=O) groups excluding carboxylic acids is 2. The van der Waals surface area contributed by atoms with Gasteiger partial charge in [-0.1, -0.05) is 6.42 Å². The van der Waals surface area contributed by atoms with Crippen molar-refractivity contribution in [1.29, 1.82) is 0 Å². The van der Waals surface area contributed by atoms with Gasteiger partial charge in [0.05, 0.1) is 6.04 Å². The van der Waals surface area contributed by atoms with E-state index in [0.717, 1.165) is 25.8 Å². The zero-order chi connectivity index (χ0) is 13.0. The summed E-state index contributed by atoms with van der Waals surface area (Å²) in [5, 5.41) is 6.01. The molecule has 0 bridgehead atoms. The van der Waals surface area contributed by atoms with E-state index >= 15 is 0 Å². The highest BCUT2D eigenvalue weighted by atomic mass is 35.5. The van der Waals surface area contributed by atoms with Crippen molar-refractivity contribution in [2.45, 2.75) is 25.3 Å². The second-order valence-electron chi connectivity index (χ2n) is 4.43. The van der Waals surface area contributed by atoms with Crippen molar-refractivity contribution in [3.8, 4) is 0 Å². The lowest BCUT2D eigenvalue weighted by atomic mass is 10.0. The molecule has 0 unspecified atom stereocenters. The van der Waals surface area contributed by atoms with Crippen molar-refractivity contribution in [3.05, 3.63) is 29.8 Å². The summed E-state index contributed by atoms with van der Waals surface area (Å²) in [4.78, 5) is 22.8. The van der Waals surface area contributed by atoms with Gasteiger partial charge in [-0.25, -0.2) is 0 Å². The number of piperidine rings is 1. The number of hydrogen-bond acceptors (Lipinski definition) is 3. The van der Waals surface area contributed by atoms with Gasteiger partial charge in [-0.3, -0.25) is 9.59 Å². The Morgan fingerprint density at radius 2 is 1.89 bits per heavy atom. The van der Waals surface area contributed by atoms with Gasteiger partial charge >= 0.3 is 0 Å². The van der Waals surface area contributed by atoms with Crippen LogP contribution in [0.3, 0.4) is 0 Å². The monoisotopic (exact) mass is 283 g/mol. The summed E-state index contributed by atoms with van der Waals surface area (Å²) in [6.07, 6.45) is 3.06. The van der Waals surface area contributed by atoms with Crippen LogP contribution >= 0.6 is 12.4 Å². The molecule has 4 N–H and O–H groups in total. The van der Waals surface area contributed by atoms with E-state index in [1.165, 1.54) is 0 Å². The number of rotatable bonds is 3. The standard InChI is InChI=1S/C13H17N3O2.ClH/c14-12(17)9-4-6-10(7-5-9)16-13(18)11-3-1-2-8-15-11;/h4-7,11,15H,1-3,8H2,(H2,14,17)(H,16,18);1H/t11-;/m1./s1. The minimum absolute atomic E-state index is 0. The van der Waals surface area contributed by atoms with Gasteiger partial charge in [0.25, 0.3) is 0 Å². The molecule has 1 atom stereocenters. The zero-order valence-electron chi connectivity index (χ0n) is 10.5. The molecule has 104 valence electrons. The Morgan fingerprint density at radius 3 is 2.42 bits per heavy atom. The molecule has 6 heteroatoms. The first kappa shape index (κ1) is 15.5. The predicted octanol–water partition coefficient (Wildman–Crippen LogP) is 1.29. The molecule has 19 heavy (non-hydrogen) atoms. The fraction of sp³-hybridized carbons (Fsp3) is 0.385. The number of carbonyl (C=O) groups is 2. The topological polar surface area (TPSA) is 84.2 Å². The van der Waals surface area contributed by atoms with Gasteiger partial charge in [0.1, 0.15) is 0 Å². The number of primary amides is 1. The molecule has 1 fully saturated rings.